The summed E-state index contributed by atoms with van der Waals surface area (Å²) in [5, 5.41) is 0. The quantitative estimate of drug-likeness (QED) is 0.425. The molecule has 0 spiro atoms. The molecule has 154 valence electrons. The van der Waals surface area contributed by atoms with E-state index in [2.05, 4.69) is 4.98 Å². The fraction of sp³-hybridized carbons (Fsp3) is 0.333. The van der Waals surface area contributed by atoms with Crippen LogP contribution in [0.4, 0.5) is 0 Å². The Kier molecular flexibility index (Phi) is 7.00. The van der Waals surface area contributed by atoms with Gasteiger partial charge in [0.1, 0.15) is 0 Å². The van der Waals surface area contributed by atoms with Crippen molar-refractivity contribution in [3.63, 3.8) is 0 Å². The van der Waals surface area contributed by atoms with E-state index in [1.165, 1.54) is 12.2 Å². The van der Waals surface area contributed by atoms with Gasteiger partial charge in [-0.25, -0.2) is 13.2 Å². The Morgan fingerprint density at radius 2 is 1.72 bits per heavy atom. The summed E-state index contributed by atoms with van der Waals surface area (Å²) >= 11 is 0. The van der Waals surface area contributed by atoms with Crippen molar-refractivity contribution in [3.8, 4) is 0 Å². The van der Waals surface area contributed by atoms with Crippen molar-refractivity contribution < 1.29 is 22.7 Å². The van der Waals surface area contributed by atoms with Crippen molar-refractivity contribution in [2.24, 2.45) is 0 Å². The molecule has 0 atom stereocenters. The van der Waals surface area contributed by atoms with Crippen LogP contribution < -0.4 is 0 Å². The molecule has 7 nitrogen and oxygen atoms in total. The number of nitrogens with zero attached hydrogens (tertiary/aromatic N) is 1. The first-order valence-corrected chi connectivity index (χ1v) is 11.0. The molecule has 2 aromatic rings. The highest BCUT2D eigenvalue weighted by Crippen LogP contribution is 2.21. The van der Waals surface area contributed by atoms with Gasteiger partial charge in [0.25, 0.3) is 0 Å². The third kappa shape index (κ3) is 5.65. The predicted octanol–water partition coefficient (Wildman–Crippen LogP) is 3.02. The van der Waals surface area contributed by atoms with Crippen LogP contribution in [0.25, 0.3) is 6.08 Å². The lowest BCUT2D eigenvalue weighted by atomic mass is 10.2. The van der Waals surface area contributed by atoms with Gasteiger partial charge < -0.3 is 9.72 Å². The predicted molar refractivity (Wildman–Crippen MR) is 109 cm³/mol. The van der Waals surface area contributed by atoms with Crippen LogP contribution in [0, 0.1) is 0 Å². The summed E-state index contributed by atoms with van der Waals surface area (Å²) in [7, 11) is -3.50. The molecule has 1 aliphatic heterocycles. The SMILES string of the molecule is O=C(C=Cc1ccc(S(=O)(=O)N2CCCCCC2)cc1)OCC(=O)c1ccc[nH]1. The number of sulfonamides is 1. The van der Waals surface area contributed by atoms with E-state index in [1.54, 1.807) is 46.9 Å². The van der Waals surface area contributed by atoms with Crippen LogP contribution in [0.15, 0.2) is 53.6 Å². The fourth-order valence-corrected chi connectivity index (χ4v) is 4.63. The minimum absolute atomic E-state index is 0.246. The maximum Gasteiger partial charge on any atom is 0.331 e. The molecule has 1 fully saturated rings. The van der Waals surface area contributed by atoms with Crippen molar-refractivity contribution in [1.82, 2.24) is 9.29 Å². The molecule has 0 saturated carbocycles. The van der Waals surface area contributed by atoms with Gasteiger partial charge in [-0.1, -0.05) is 25.0 Å². The maximum atomic E-state index is 12.8. The molecule has 1 saturated heterocycles. The zero-order chi connectivity index (χ0) is 20.7. The molecule has 1 aromatic heterocycles. The molecule has 3 rings (SSSR count). The van der Waals surface area contributed by atoms with E-state index in [9.17, 15) is 18.0 Å². The second-order valence-corrected chi connectivity index (χ2v) is 8.77. The van der Waals surface area contributed by atoms with E-state index in [0.29, 0.717) is 24.3 Å². The minimum Gasteiger partial charge on any atom is -0.454 e. The Bertz CT molecular complexity index is 955. The summed E-state index contributed by atoms with van der Waals surface area (Å²) in [5.41, 5.74) is 1.04. The topological polar surface area (TPSA) is 96.5 Å². The number of rotatable bonds is 7. The Hall–Kier alpha value is -2.71. The van der Waals surface area contributed by atoms with Crippen LogP contribution in [-0.2, 0) is 19.6 Å². The monoisotopic (exact) mass is 416 g/mol. The van der Waals surface area contributed by atoms with Crippen molar-refractivity contribution >= 4 is 27.9 Å². The highest BCUT2D eigenvalue weighted by molar-refractivity contribution is 7.89. The first-order chi connectivity index (χ1) is 14.0. The van der Waals surface area contributed by atoms with Crippen molar-refractivity contribution in [2.75, 3.05) is 19.7 Å². The molecule has 8 heteroatoms. The summed E-state index contributed by atoms with van der Waals surface area (Å²) in [6, 6.07) is 9.65. The third-order valence-corrected chi connectivity index (χ3v) is 6.65. The lowest BCUT2D eigenvalue weighted by Gasteiger charge is -2.19. The number of esters is 1. The Morgan fingerprint density at radius 3 is 2.34 bits per heavy atom. The molecule has 1 aliphatic rings. The highest BCUT2D eigenvalue weighted by Gasteiger charge is 2.24. The van der Waals surface area contributed by atoms with E-state index >= 15 is 0 Å². The van der Waals surface area contributed by atoms with E-state index in [-0.39, 0.29) is 17.3 Å². The summed E-state index contributed by atoms with van der Waals surface area (Å²) in [6.07, 6.45) is 8.23. The van der Waals surface area contributed by atoms with Gasteiger partial charge in [-0.15, -0.1) is 0 Å². The molecule has 2 heterocycles. The second-order valence-electron chi connectivity index (χ2n) is 6.84. The number of ketones is 1. The molecule has 1 N–H and O–H groups in total. The van der Waals surface area contributed by atoms with Gasteiger partial charge >= 0.3 is 5.97 Å². The standard InChI is InChI=1S/C21H24N2O5S/c24-20(19-6-5-13-22-19)16-28-21(25)12-9-17-7-10-18(11-8-17)29(26,27)23-14-3-1-2-4-15-23/h5-13,22H,1-4,14-16H2. The molecule has 29 heavy (non-hydrogen) atoms. The van der Waals surface area contributed by atoms with E-state index in [0.717, 1.165) is 25.7 Å². The molecular formula is C21H24N2O5S. The Labute approximate surface area is 170 Å². The molecule has 1 aromatic carbocycles. The van der Waals surface area contributed by atoms with Gasteiger partial charge in [0, 0.05) is 25.4 Å². The maximum absolute atomic E-state index is 12.8. The molecular weight excluding hydrogens is 392 g/mol. The largest absolute Gasteiger partial charge is 0.454 e. The van der Waals surface area contributed by atoms with Crippen molar-refractivity contribution in [1.29, 1.82) is 0 Å². The van der Waals surface area contributed by atoms with Crippen LogP contribution in [0.2, 0.25) is 0 Å². The zero-order valence-corrected chi connectivity index (χ0v) is 16.9. The minimum atomic E-state index is -3.50. The number of H-pyrrole nitrogens is 1. The molecule has 0 radical (unpaired) electrons. The first kappa shape index (κ1) is 21.0. The van der Waals surface area contributed by atoms with Gasteiger partial charge in [0.05, 0.1) is 10.6 Å². The third-order valence-electron chi connectivity index (χ3n) is 4.74. The summed E-state index contributed by atoms with van der Waals surface area (Å²) in [4.78, 5) is 26.6. The van der Waals surface area contributed by atoms with Gasteiger partial charge in [-0.2, -0.15) is 4.31 Å². The lowest BCUT2D eigenvalue weighted by Crippen LogP contribution is -2.31. The Balaban J connectivity index is 1.56. The van der Waals surface area contributed by atoms with Gasteiger partial charge in [-0.05, 0) is 48.7 Å². The van der Waals surface area contributed by atoms with Crippen LogP contribution in [0.3, 0.4) is 0 Å². The van der Waals surface area contributed by atoms with Crippen molar-refractivity contribution in [3.05, 3.63) is 59.9 Å². The molecule has 0 bridgehead atoms. The molecule has 0 amide bonds. The number of carbonyl (C=O) groups excluding carboxylic acids is 2. The highest BCUT2D eigenvalue weighted by atomic mass is 32.2. The number of aromatic amines is 1. The summed E-state index contributed by atoms with van der Waals surface area (Å²) < 4.78 is 32.0. The first-order valence-electron chi connectivity index (χ1n) is 9.58. The number of hydrogen-bond acceptors (Lipinski definition) is 5. The normalized spacial score (nSPS) is 15.9. The number of Topliss-reactive ketones (excluding diaryl/α,β-unsaturated/α-hetero) is 1. The van der Waals surface area contributed by atoms with Crippen LogP contribution >= 0.6 is 0 Å². The summed E-state index contributed by atoms with van der Waals surface area (Å²) in [6.45, 7) is 0.755. The zero-order valence-electron chi connectivity index (χ0n) is 16.0. The average molecular weight is 416 g/mol. The number of hydrogen-bond donors (Lipinski definition) is 1. The van der Waals surface area contributed by atoms with E-state index in [1.807, 2.05) is 0 Å². The molecule has 0 aliphatic carbocycles. The number of carbonyl (C=O) groups is 2. The lowest BCUT2D eigenvalue weighted by molar-refractivity contribution is -0.136. The summed E-state index contributed by atoms with van der Waals surface area (Å²) in [5.74, 6) is -0.967. The second kappa shape index (κ2) is 9.67. The van der Waals surface area contributed by atoms with Crippen LogP contribution in [-0.4, -0.2) is 49.2 Å². The van der Waals surface area contributed by atoms with Crippen LogP contribution in [0.1, 0.15) is 41.7 Å². The van der Waals surface area contributed by atoms with Gasteiger partial charge in [0.15, 0.2) is 6.61 Å². The van der Waals surface area contributed by atoms with Gasteiger partial charge in [-0.3, -0.25) is 4.79 Å². The Morgan fingerprint density at radius 1 is 1.03 bits per heavy atom. The number of nitrogens with one attached hydrogen (secondary N) is 1. The van der Waals surface area contributed by atoms with Crippen LogP contribution in [0.5, 0.6) is 0 Å². The van der Waals surface area contributed by atoms with Crippen molar-refractivity contribution in [2.45, 2.75) is 30.6 Å². The smallest absolute Gasteiger partial charge is 0.331 e. The van der Waals surface area contributed by atoms with E-state index < -0.39 is 16.0 Å². The number of benzene rings is 1. The van der Waals surface area contributed by atoms with E-state index in [4.69, 9.17) is 4.74 Å². The molecule has 0 unspecified atom stereocenters. The fourth-order valence-electron chi connectivity index (χ4n) is 3.11. The number of ether oxygens (including phenoxy) is 1. The van der Waals surface area contributed by atoms with Gasteiger partial charge in [0.2, 0.25) is 15.8 Å². The number of aromatic nitrogens is 1. The average Bonchev–Trinajstić information content (AvgIpc) is 3.12.